The van der Waals surface area contributed by atoms with Crippen molar-refractivity contribution in [1.82, 2.24) is 9.80 Å². The number of fused-ring (bicyclic) bond motifs is 1. The van der Waals surface area contributed by atoms with E-state index in [1.54, 1.807) is 16.2 Å². The number of thiophene rings is 1. The number of amides is 2. The lowest BCUT2D eigenvalue weighted by molar-refractivity contribution is -0.146. The van der Waals surface area contributed by atoms with Gasteiger partial charge in [0.15, 0.2) is 0 Å². The summed E-state index contributed by atoms with van der Waals surface area (Å²) in [5.41, 5.74) is 1.84. The van der Waals surface area contributed by atoms with Crippen molar-refractivity contribution in [3.05, 3.63) is 57.8 Å². The number of rotatable bonds is 5. The third-order valence-corrected chi connectivity index (χ3v) is 6.24. The van der Waals surface area contributed by atoms with Crippen LogP contribution in [0.15, 0.2) is 41.8 Å². The van der Waals surface area contributed by atoms with Crippen LogP contribution >= 0.6 is 11.3 Å². The van der Waals surface area contributed by atoms with Crippen molar-refractivity contribution in [2.75, 3.05) is 19.6 Å². The van der Waals surface area contributed by atoms with Gasteiger partial charge in [-0.1, -0.05) is 65.0 Å². The Morgan fingerprint density at radius 2 is 1.86 bits per heavy atom. The second-order valence-corrected chi connectivity index (χ2v) is 10.3. The number of benzene rings is 1. The van der Waals surface area contributed by atoms with Crippen LogP contribution in [0.5, 0.6) is 0 Å². The molecule has 0 fully saturated rings. The molecule has 0 aliphatic carbocycles. The van der Waals surface area contributed by atoms with Gasteiger partial charge in [-0.2, -0.15) is 0 Å². The van der Waals surface area contributed by atoms with Gasteiger partial charge in [0.2, 0.25) is 11.8 Å². The first kappa shape index (κ1) is 21.6. The Balaban J connectivity index is 1.89. The lowest BCUT2D eigenvalue weighted by Crippen LogP contribution is -2.49. The Morgan fingerprint density at radius 3 is 2.48 bits per heavy atom. The van der Waals surface area contributed by atoms with Crippen LogP contribution < -0.4 is 0 Å². The molecule has 3 rings (SSSR count). The highest BCUT2D eigenvalue weighted by Crippen LogP contribution is 2.37. The Kier molecular flexibility index (Phi) is 6.47. The van der Waals surface area contributed by atoms with Crippen LogP contribution in [0.3, 0.4) is 0 Å². The van der Waals surface area contributed by atoms with Crippen molar-refractivity contribution in [2.24, 2.45) is 11.3 Å². The van der Waals surface area contributed by atoms with Gasteiger partial charge < -0.3 is 9.80 Å². The van der Waals surface area contributed by atoms with Gasteiger partial charge in [-0.05, 0) is 34.9 Å². The summed E-state index contributed by atoms with van der Waals surface area (Å²) in [5.74, 6) is 0.363. The molecule has 1 aromatic carbocycles. The molecule has 0 unspecified atom stereocenters. The molecule has 2 amide bonds. The third-order valence-electron chi connectivity index (χ3n) is 5.24. The first-order valence-corrected chi connectivity index (χ1v) is 11.3. The standard InChI is InChI=1S/C24H32N2O2S/c1-17(2)15-25(23(28)24(3,4)5)16-21(27)26-13-11-20-19(12-14-29-20)22(26)18-9-7-6-8-10-18/h6-10,12,14,17,22H,11,13,15-16H2,1-5H3/t22-/m1/s1. The number of hydrogen-bond acceptors (Lipinski definition) is 3. The van der Waals surface area contributed by atoms with E-state index in [0.717, 1.165) is 12.0 Å². The SMILES string of the molecule is CC(C)CN(CC(=O)N1CCc2sccc2[C@H]1c1ccccc1)C(=O)C(C)(C)C. The molecular weight excluding hydrogens is 380 g/mol. The van der Waals surface area contributed by atoms with E-state index in [-0.39, 0.29) is 24.4 Å². The van der Waals surface area contributed by atoms with Gasteiger partial charge in [-0.3, -0.25) is 9.59 Å². The van der Waals surface area contributed by atoms with E-state index >= 15 is 0 Å². The summed E-state index contributed by atoms with van der Waals surface area (Å²) in [7, 11) is 0. The minimum Gasteiger partial charge on any atom is -0.333 e. The Labute approximate surface area is 178 Å². The predicted octanol–water partition coefficient (Wildman–Crippen LogP) is 4.75. The van der Waals surface area contributed by atoms with E-state index in [2.05, 4.69) is 37.4 Å². The summed E-state index contributed by atoms with van der Waals surface area (Å²) >= 11 is 1.77. The Morgan fingerprint density at radius 1 is 1.17 bits per heavy atom. The van der Waals surface area contributed by atoms with E-state index < -0.39 is 5.41 Å². The van der Waals surface area contributed by atoms with Crippen LogP contribution in [0.4, 0.5) is 0 Å². The van der Waals surface area contributed by atoms with E-state index in [4.69, 9.17) is 0 Å². The molecular formula is C24H32N2O2S. The van der Waals surface area contributed by atoms with E-state index in [1.807, 2.05) is 43.9 Å². The normalized spacial score (nSPS) is 16.6. The maximum atomic E-state index is 13.5. The van der Waals surface area contributed by atoms with Crippen molar-refractivity contribution in [3.63, 3.8) is 0 Å². The zero-order valence-electron chi connectivity index (χ0n) is 18.1. The predicted molar refractivity (Wildman–Crippen MR) is 119 cm³/mol. The third kappa shape index (κ3) is 4.89. The summed E-state index contributed by atoms with van der Waals surface area (Å²) < 4.78 is 0. The van der Waals surface area contributed by atoms with Crippen molar-refractivity contribution in [2.45, 2.75) is 47.1 Å². The molecule has 29 heavy (non-hydrogen) atoms. The minimum absolute atomic E-state index is 0.0222. The van der Waals surface area contributed by atoms with E-state index in [0.29, 0.717) is 19.0 Å². The fourth-order valence-corrected chi connectivity index (χ4v) is 4.87. The maximum absolute atomic E-state index is 13.5. The molecule has 1 aliphatic rings. The van der Waals surface area contributed by atoms with Crippen LogP contribution in [0.1, 0.15) is 56.7 Å². The molecule has 0 spiro atoms. The summed E-state index contributed by atoms with van der Waals surface area (Å²) in [4.78, 5) is 31.5. The summed E-state index contributed by atoms with van der Waals surface area (Å²) in [6, 6.07) is 12.3. The molecule has 1 aliphatic heterocycles. The number of hydrogen-bond donors (Lipinski definition) is 0. The molecule has 0 saturated carbocycles. The van der Waals surface area contributed by atoms with Crippen molar-refractivity contribution >= 4 is 23.2 Å². The molecule has 2 heterocycles. The van der Waals surface area contributed by atoms with Crippen molar-refractivity contribution < 1.29 is 9.59 Å². The average Bonchev–Trinajstić information content (AvgIpc) is 3.14. The largest absolute Gasteiger partial charge is 0.333 e. The maximum Gasteiger partial charge on any atom is 0.242 e. The van der Waals surface area contributed by atoms with Gasteiger partial charge in [0.05, 0.1) is 12.6 Å². The Bertz CT molecular complexity index is 851. The summed E-state index contributed by atoms with van der Waals surface area (Å²) in [5, 5.41) is 2.11. The fraction of sp³-hybridized carbons (Fsp3) is 0.500. The molecule has 2 aromatic rings. The smallest absolute Gasteiger partial charge is 0.242 e. The molecule has 0 saturated heterocycles. The zero-order valence-corrected chi connectivity index (χ0v) is 19.0. The topological polar surface area (TPSA) is 40.6 Å². The second kappa shape index (κ2) is 8.70. The molecule has 0 radical (unpaired) electrons. The lowest BCUT2D eigenvalue weighted by Gasteiger charge is -2.38. The highest BCUT2D eigenvalue weighted by atomic mass is 32.1. The second-order valence-electron chi connectivity index (χ2n) is 9.28. The van der Waals surface area contributed by atoms with Crippen molar-refractivity contribution in [3.8, 4) is 0 Å². The van der Waals surface area contributed by atoms with Gasteiger partial charge in [0, 0.05) is 23.4 Å². The van der Waals surface area contributed by atoms with Crippen LogP contribution in [-0.4, -0.2) is 41.2 Å². The van der Waals surface area contributed by atoms with Gasteiger partial charge >= 0.3 is 0 Å². The average molecular weight is 413 g/mol. The van der Waals surface area contributed by atoms with Gasteiger partial charge in [-0.25, -0.2) is 0 Å². The van der Waals surface area contributed by atoms with E-state index in [9.17, 15) is 9.59 Å². The number of nitrogens with zero attached hydrogens (tertiary/aromatic N) is 2. The zero-order chi connectivity index (χ0) is 21.2. The fourth-order valence-electron chi connectivity index (χ4n) is 3.97. The minimum atomic E-state index is -0.504. The highest BCUT2D eigenvalue weighted by Gasteiger charge is 2.35. The van der Waals surface area contributed by atoms with Crippen LogP contribution in [0.25, 0.3) is 0 Å². The number of carbonyl (C=O) groups excluding carboxylic acids is 2. The summed E-state index contributed by atoms with van der Waals surface area (Å²) in [6.07, 6.45) is 0.874. The van der Waals surface area contributed by atoms with E-state index in [1.165, 1.54) is 10.4 Å². The molecule has 1 aromatic heterocycles. The molecule has 5 heteroatoms. The first-order valence-electron chi connectivity index (χ1n) is 10.4. The monoisotopic (exact) mass is 412 g/mol. The molecule has 0 N–H and O–H groups in total. The number of carbonyl (C=O) groups is 2. The van der Waals surface area contributed by atoms with Gasteiger partial charge in [0.25, 0.3) is 0 Å². The molecule has 1 atom stereocenters. The van der Waals surface area contributed by atoms with Crippen LogP contribution in [0.2, 0.25) is 0 Å². The molecule has 156 valence electrons. The first-order chi connectivity index (χ1) is 13.7. The van der Waals surface area contributed by atoms with Gasteiger partial charge in [-0.15, -0.1) is 11.3 Å². The lowest BCUT2D eigenvalue weighted by atomic mass is 9.92. The van der Waals surface area contributed by atoms with Crippen LogP contribution in [-0.2, 0) is 16.0 Å². The highest BCUT2D eigenvalue weighted by molar-refractivity contribution is 7.10. The molecule has 4 nitrogen and oxygen atoms in total. The van der Waals surface area contributed by atoms with Gasteiger partial charge in [0.1, 0.15) is 0 Å². The Hall–Kier alpha value is -2.14. The van der Waals surface area contributed by atoms with Crippen molar-refractivity contribution in [1.29, 1.82) is 0 Å². The summed E-state index contributed by atoms with van der Waals surface area (Å²) in [6.45, 7) is 11.3. The molecule has 0 bridgehead atoms. The quantitative estimate of drug-likeness (QED) is 0.711. The van der Waals surface area contributed by atoms with Crippen LogP contribution in [0, 0.1) is 11.3 Å².